The molecule has 0 spiro atoms. The van der Waals surface area contributed by atoms with Gasteiger partial charge in [0, 0.05) is 17.8 Å². The first-order valence-electron chi connectivity index (χ1n) is 7.42. The van der Waals surface area contributed by atoms with Crippen molar-refractivity contribution in [3.8, 4) is 0 Å². The normalized spacial score (nSPS) is 51.7. The summed E-state index contributed by atoms with van der Waals surface area (Å²) in [7, 11) is 0. The summed E-state index contributed by atoms with van der Waals surface area (Å²) < 4.78 is 10.7. The lowest BCUT2D eigenvalue weighted by Gasteiger charge is -2.45. The van der Waals surface area contributed by atoms with Crippen molar-refractivity contribution in [1.29, 1.82) is 0 Å². The molecule has 1 saturated heterocycles. The molecule has 4 unspecified atom stereocenters. The standard InChI is InChI=1S/C13H24O9S/c14-2-4-1-6(23)8(17)10(19)12(4)22-13-11(20)9(18)7(16)5(3-15)21-13/h4-20,23H,1-3H2/t4?,5?,6-,7+,8?,9+,10-,11?,12-,13+/m1/s1. The van der Waals surface area contributed by atoms with Crippen molar-refractivity contribution in [1.82, 2.24) is 0 Å². The summed E-state index contributed by atoms with van der Waals surface area (Å²) in [6, 6.07) is 0. The van der Waals surface area contributed by atoms with Crippen LogP contribution in [0.4, 0.5) is 0 Å². The quantitative estimate of drug-likeness (QED) is 0.236. The minimum absolute atomic E-state index is 0.264. The smallest absolute Gasteiger partial charge is 0.187 e. The first-order valence-corrected chi connectivity index (χ1v) is 7.94. The van der Waals surface area contributed by atoms with Crippen LogP contribution in [0.3, 0.4) is 0 Å². The van der Waals surface area contributed by atoms with Gasteiger partial charge in [0.05, 0.1) is 18.8 Å². The number of aliphatic hydroxyl groups excluding tert-OH is 7. The Hall–Kier alpha value is -0.0100. The average molecular weight is 356 g/mol. The van der Waals surface area contributed by atoms with Gasteiger partial charge < -0.3 is 45.2 Å². The summed E-state index contributed by atoms with van der Waals surface area (Å²) in [4.78, 5) is 0. The molecular formula is C13H24O9S. The minimum atomic E-state index is -1.62. The van der Waals surface area contributed by atoms with Crippen LogP contribution in [-0.4, -0.2) is 103 Å². The van der Waals surface area contributed by atoms with Gasteiger partial charge in [-0.05, 0) is 6.42 Å². The van der Waals surface area contributed by atoms with E-state index in [1.54, 1.807) is 0 Å². The van der Waals surface area contributed by atoms with Crippen molar-refractivity contribution < 1.29 is 45.2 Å². The third-order valence-electron chi connectivity index (χ3n) is 4.46. The van der Waals surface area contributed by atoms with Crippen LogP contribution in [0.1, 0.15) is 6.42 Å². The topological polar surface area (TPSA) is 160 Å². The van der Waals surface area contributed by atoms with E-state index in [9.17, 15) is 30.6 Å². The molecule has 0 aromatic heterocycles. The van der Waals surface area contributed by atoms with Crippen LogP contribution in [-0.2, 0) is 9.47 Å². The first-order chi connectivity index (χ1) is 10.8. The van der Waals surface area contributed by atoms with Gasteiger partial charge in [-0.3, -0.25) is 0 Å². The number of rotatable bonds is 4. The molecule has 1 heterocycles. The summed E-state index contributed by atoms with van der Waals surface area (Å²) in [5.74, 6) is -0.566. The van der Waals surface area contributed by atoms with Crippen LogP contribution in [0.15, 0.2) is 0 Å². The number of aliphatic hydroxyl groups is 7. The van der Waals surface area contributed by atoms with Gasteiger partial charge >= 0.3 is 0 Å². The number of hydrogen-bond donors (Lipinski definition) is 8. The van der Waals surface area contributed by atoms with E-state index in [2.05, 4.69) is 12.6 Å². The van der Waals surface area contributed by atoms with Crippen molar-refractivity contribution in [3.05, 3.63) is 0 Å². The van der Waals surface area contributed by atoms with Crippen LogP contribution >= 0.6 is 12.6 Å². The number of ether oxygens (including phenoxy) is 2. The van der Waals surface area contributed by atoms with E-state index in [1.807, 2.05) is 0 Å². The van der Waals surface area contributed by atoms with Gasteiger partial charge in [0.15, 0.2) is 6.29 Å². The van der Waals surface area contributed by atoms with Crippen LogP contribution in [0.2, 0.25) is 0 Å². The Balaban J connectivity index is 2.11. The van der Waals surface area contributed by atoms with Gasteiger partial charge in [-0.15, -0.1) is 0 Å². The van der Waals surface area contributed by atoms with Gasteiger partial charge in [0.25, 0.3) is 0 Å². The zero-order valence-electron chi connectivity index (χ0n) is 12.3. The zero-order chi connectivity index (χ0) is 17.3. The van der Waals surface area contributed by atoms with Crippen LogP contribution < -0.4 is 0 Å². The summed E-state index contributed by atoms with van der Waals surface area (Å²) in [6.45, 7) is -0.953. The summed E-state index contributed by atoms with van der Waals surface area (Å²) in [6.07, 6.45) is -10.7. The van der Waals surface area contributed by atoms with Crippen LogP contribution in [0.25, 0.3) is 0 Å². The SMILES string of the molecule is OCC1C[C@@H](S)C(O)[C@@H](O)[C@@H]1O[C@@H]1OC(CO)[C@H](O)[C@H](O)C1O. The molecule has 0 bridgehead atoms. The Morgan fingerprint density at radius 2 is 1.52 bits per heavy atom. The molecule has 0 aromatic carbocycles. The maximum Gasteiger partial charge on any atom is 0.187 e. The molecule has 0 aromatic rings. The Morgan fingerprint density at radius 3 is 2.09 bits per heavy atom. The maximum atomic E-state index is 10.1. The third kappa shape index (κ3) is 3.82. The van der Waals surface area contributed by atoms with Crippen molar-refractivity contribution in [3.63, 3.8) is 0 Å². The minimum Gasteiger partial charge on any atom is -0.396 e. The van der Waals surface area contributed by atoms with Crippen LogP contribution in [0.5, 0.6) is 0 Å². The predicted octanol–water partition coefficient (Wildman–Crippen LogP) is -3.80. The first kappa shape index (κ1) is 19.3. The highest BCUT2D eigenvalue weighted by Gasteiger charge is 2.49. The predicted molar refractivity (Wildman–Crippen MR) is 78.6 cm³/mol. The number of hydrogen-bond acceptors (Lipinski definition) is 10. The highest BCUT2D eigenvalue weighted by molar-refractivity contribution is 7.81. The second-order valence-corrected chi connectivity index (χ2v) is 6.69. The van der Waals surface area contributed by atoms with E-state index in [1.165, 1.54) is 0 Å². The molecule has 23 heavy (non-hydrogen) atoms. The molecule has 0 radical (unpaired) electrons. The molecule has 2 aliphatic rings. The second kappa shape index (κ2) is 7.91. The maximum absolute atomic E-state index is 10.1. The summed E-state index contributed by atoms with van der Waals surface area (Å²) >= 11 is 4.15. The summed E-state index contributed by atoms with van der Waals surface area (Å²) in [5, 5.41) is 67.5. The van der Waals surface area contributed by atoms with Gasteiger partial charge in [0.2, 0.25) is 0 Å². The lowest BCUT2D eigenvalue weighted by Crippen LogP contribution is -2.62. The lowest BCUT2D eigenvalue weighted by molar-refractivity contribution is -0.327. The molecule has 9 nitrogen and oxygen atoms in total. The van der Waals surface area contributed by atoms with Gasteiger partial charge in [0.1, 0.15) is 30.5 Å². The highest BCUT2D eigenvalue weighted by Crippen LogP contribution is 2.33. The van der Waals surface area contributed by atoms with Crippen molar-refractivity contribution >= 4 is 12.6 Å². The van der Waals surface area contributed by atoms with Gasteiger partial charge in [-0.1, -0.05) is 0 Å². The Morgan fingerprint density at radius 1 is 0.870 bits per heavy atom. The lowest BCUT2D eigenvalue weighted by atomic mass is 9.82. The number of thiol groups is 1. The molecule has 2 fully saturated rings. The van der Waals surface area contributed by atoms with E-state index in [4.69, 9.17) is 14.6 Å². The fraction of sp³-hybridized carbons (Fsp3) is 1.00. The van der Waals surface area contributed by atoms with E-state index >= 15 is 0 Å². The molecule has 7 N–H and O–H groups in total. The Labute approximate surface area is 138 Å². The third-order valence-corrected chi connectivity index (χ3v) is 4.98. The molecule has 1 saturated carbocycles. The van der Waals surface area contributed by atoms with Crippen molar-refractivity contribution in [2.45, 2.75) is 60.7 Å². The molecule has 10 heteroatoms. The van der Waals surface area contributed by atoms with E-state index in [0.29, 0.717) is 0 Å². The molecule has 1 aliphatic heterocycles. The molecular weight excluding hydrogens is 332 g/mol. The van der Waals surface area contributed by atoms with Crippen molar-refractivity contribution in [2.75, 3.05) is 13.2 Å². The Bertz CT molecular complexity index is 382. The van der Waals surface area contributed by atoms with Gasteiger partial charge in [-0.2, -0.15) is 12.6 Å². The highest BCUT2D eigenvalue weighted by atomic mass is 32.1. The zero-order valence-corrected chi connectivity index (χ0v) is 13.2. The Kier molecular flexibility index (Phi) is 6.65. The van der Waals surface area contributed by atoms with Crippen molar-refractivity contribution in [2.24, 2.45) is 5.92 Å². The molecule has 0 amide bonds. The van der Waals surface area contributed by atoms with E-state index in [0.717, 1.165) is 0 Å². The average Bonchev–Trinajstić information content (AvgIpc) is 2.55. The molecule has 1 aliphatic carbocycles. The fourth-order valence-electron chi connectivity index (χ4n) is 2.99. The fourth-order valence-corrected chi connectivity index (χ4v) is 3.44. The molecule has 2 rings (SSSR count). The van der Waals surface area contributed by atoms with E-state index < -0.39 is 66.8 Å². The largest absolute Gasteiger partial charge is 0.396 e. The van der Waals surface area contributed by atoms with E-state index in [-0.39, 0.29) is 13.0 Å². The summed E-state index contributed by atoms with van der Waals surface area (Å²) in [5.41, 5.74) is 0. The molecule has 136 valence electrons. The monoisotopic (exact) mass is 356 g/mol. The van der Waals surface area contributed by atoms with Crippen LogP contribution in [0, 0.1) is 5.92 Å². The van der Waals surface area contributed by atoms with Gasteiger partial charge in [-0.25, -0.2) is 0 Å². The molecule has 10 atom stereocenters. The second-order valence-electron chi connectivity index (χ2n) is 6.02.